The van der Waals surface area contributed by atoms with E-state index in [1.165, 1.54) is 14.2 Å². The Morgan fingerprint density at radius 3 is 2.14 bits per heavy atom. The second-order valence-corrected chi connectivity index (χ2v) is 5.74. The Morgan fingerprint density at radius 1 is 1.14 bits per heavy atom. The van der Waals surface area contributed by atoms with E-state index in [0.29, 0.717) is 12.8 Å². The second-order valence-electron chi connectivity index (χ2n) is 5.74. The van der Waals surface area contributed by atoms with E-state index in [1.807, 2.05) is 37.3 Å². The molecule has 2 rings (SSSR count). The zero-order valence-corrected chi connectivity index (χ0v) is 13.3. The molecule has 0 saturated heterocycles. The number of esters is 2. The molecule has 22 heavy (non-hydrogen) atoms. The maximum absolute atomic E-state index is 12.4. The van der Waals surface area contributed by atoms with Crippen molar-refractivity contribution in [2.75, 3.05) is 14.2 Å². The Kier molecular flexibility index (Phi) is 4.40. The Morgan fingerprint density at radius 2 is 1.68 bits per heavy atom. The number of benzene rings is 1. The van der Waals surface area contributed by atoms with Gasteiger partial charge in [-0.1, -0.05) is 50.3 Å². The van der Waals surface area contributed by atoms with E-state index in [2.05, 4.69) is 6.58 Å². The average molecular weight is 302 g/mol. The molecule has 1 unspecified atom stereocenters. The molecule has 0 N–H and O–H groups in total. The molecule has 118 valence electrons. The predicted octanol–water partition coefficient (Wildman–Crippen LogP) is 3.22. The Balaban J connectivity index is 2.49. The van der Waals surface area contributed by atoms with Gasteiger partial charge in [-0.25, -0.2) is 0 Å². The van der Waals surface area contributed by atoms with Gasteiger partial charge in [0.1, 0.15) is 0 Å². The molecule has 0 heterocycles. The van der Waals surface area contributed by atoms with Crippen LogP contribution in [0.15, 0.2) is 36.9 Å². The van der Waals surface area contributed by atoms with Gasteiger partial charge in [0.25, 0.3) is 0 Å². The summed E-state index contributed by atoms with van der Waals surface area (Å²) in [6.45, 7) is 6.22. The molecule has 1 saturated carbocycles. The van der Waals surface area contributed by atoms with Crippen molar-refractivity contribution < 1.29 is 19.1 Å². The van der Waals surface area contributed by atoms with Crippen molar-refractivity contribution in [2.45, 2.75) is 26.2 Å². The number of carbonyl (C=O) groups excluding carboxylic acids is 2. The lowest BCUT2D eigenvalue weighted by molar-refractivity contribution is -0.163. The third-order valence-corrected chi connectivity index (χ3v) is 4.70. The normalized spacial score (nSPS) is 21.8. The Bertz CT molecular complexity index is 574. The van der Waals surface area contributed by atoms with Gasteiger partial charge in [0.2, 0.25) is 0 Å². The molecule has 0 spiro atoms. The molecular formula is C18H22O4. The molecule has 1 aromatic rings. The summed E-state index contributed by atoms with van der Waals surface area (Å²) < 4.78 is 9.81. The molecule has 1 aromatic carbocycles. The Hall–Kier alpha value is -2.10. The van der Waals surface area contributed by atoms with Crippen molar-refractivity contribution in [1.29, 1.82) is 0 Å². The predicted molar refractivity (Wildman–Crippen MR) is 83.9 cm³/mol. The van der Waals surface area contributed by atoms with Crippen LogP contribution in [0.3, 0.4) is 0 Å². The first-order valence-electron chi connectivity index (χ1n) is 7.41. The minimum absolute atomic E-state index is 0.390. The van der Waals surface area contributed by atoms with Gasteiger partial charge in [0.05, 0.1) is 14.2 Å². The van der Waals surface area contributed by atoms with Crippen LogP contribution >= 0.6 is 0 Å². The van der Waals surface area contributed by atoms with Crippen molar-refractivity contribution >= 4 is 17.5 Å². The fraction of sp³-hybridized carbons (Fsp3) is 0.444. The third kappa shape index (κ3) is 2.14. The molecule has 1 atom stereocenters. The summed E-state index contributed by atoms with van der Waals surface area (Å²) in [6.07, 6.45) is 1.91. The molecule has 1 fully saturated rings. The summed E-state index contributed by atoms with van der Waals surface area (Å²) in [5.74, 6) is -1.07. The minimum Gasteiger partial charge on any atom is -0.468 e. The van der Waals surface area contributed by atoms with Crippen molar-refractivity contribution in [1.82, 2.24) is 0 Å². The van der Waals surface area contributed by atoms with Crippen LogP contribution in [0.25, 0.3) is 5.57 Å². The minimum atomic E-state index is -1.26. The van der Waals surface area contributed by atoms with Gasteiger partial charge >= 0.3 is 11.9 Å². The van der Waals surface area contributed by atoms with E-state index in [1.54, 1.807) is 0 Å². The number of hydrogen-bond donors (Lipinski definition) is 0. The summed E-state index contributed by atoms with van der Waals surface area (Å²) in [5.41, 5.74) is -0.153. The fourth-order valence-electron chi connectivity index (χ4n) is 3.53. The van der Waals surface area contributed by atoms with Gasteiger partial charge in [-0.3, -0.25) is 9.59 Å². The molecule has 0 aromatic heterocycles. The number of methoxy groups -OCH3 is 2. The summed E-state index contributed by atoms with van der Waals surface area (Å²) >= 11 is 0. The number of carbonyl (C=O) groups is 2. The number of hydrogen-bond acceptors (Lipinski definition) is 4. The summed E-state index contributed by atoms with van der Waals surface area (Å²) in [6, 6.07) is 9.64. The maximum Gasteiger partial charge on any atom is 0.324 e. The smallest absolute Gasteiger partial charge is 0.324 e. The summed E-state index contributed by atoms with van der Waals surface area (Å²) in [7, 11) is 2.60. The molecule has 0 bridgehead atoms. The highest BCUT2D eigenvalue weighted by molar-refractivity contribution is 6.08. The van der Waals surface area contributed by atoms with Gasteiger partial charge in [-0.2, -0.15) is 0 Å². The van der Waals surface area contributed by atoms with Crippen LogP contribution in [0.4, 0.5) is 0 Å². The van der Waals surface area contributed by atoms with Crippen LogP contribution in [0.5, 0.6) is 0 Å². The molecule has 1 aliphatic carbocycles. The van der Waals surface area contributed by atoms with E-state index in [4.69, 9.17) is 9.47 Å². The molecular weight excluding hydrogens is 280 g/mol. The molecule has 0 radical (unpaired) electrons. The van der Waals surface area contributed by atoms with Crippen LogP contribution in [0.2, 0.25) is 0 Å². The van der Waals surface area contributed by atoms with Crippen molar-refractivity contribution in [3.63, 3.8) is 0 Å². The number of ether oxygens (including phenoxy) is 2. The lowest BCUT2D eigenvalue weighted by Gasteiger charge is -2.24. The summed E-state index contributed by atoms with van der Waals surface area (Å²) in [5, 5.41) is 0. The van der Waals surface area contributed by atoms with Gasteiger partial charge in [-0.15, -0.1) is 0 Å². The highest BCUT2D eigenvalue weighted by atomic mass is 16.5. The third-order valence-electron chi connectivity index (χ3n) is 4.70. The van der Waals surface area contributed by atoms with Gasteiger partial charge in [0.15, 0.2) is 5.41 Å². The largest absolute Gasteiger partial charge is 0.468 e. The molecule has 4 heteroatoms. The highest BCUT2D eigenvalue weighted by Gasteiger charge is 2.78. The first kappa shape index (κ1) is 16.3. The Labute approximate surface area is 131 Å². The zero-order chi connectivity index (χ0) is 16.4. The quantitative estimate of drug-likeness (QED) is 0.598. The van der Waals surface area contributed by atoms with E-state index in [0.717, 1.165) is 17.6 Å². The molecule has 4 nitrogen and oxygen atoms in total. The monoisotopic (exact) mass is 302 g/mol. The van der Waals surface area contributed by atoms with Crippen LogP contribution in [-0.4, -0.2) is 26.2 Å². The number of allylic oxidation sites excluding steroid dienone is 1. The van der Waals surface area contributed by atoms with E-state index in [-0.39, 0.29) is 0 Å². The standard InChI is InChI=1S/C18H22O4/c1-5-11-17(13(2)14-9-7-6-8-10-14)12-18(17,15(19)21-3)16(20)22-4/h6-10H,2,5,11-12H2,1,3-4H3. The average Bonchev–Trinajstić information content (AvgIpc) is 3.25. The first-order chi connectivity index (χ1) is 10.5. The number of rotatable bonds is 6. The van der Waals surface area contributed by atoms with Gasteiger partial charge < -0.3 is 9.47 Å². The molecule has 1 aliphatic rings. The van der Waals surface area contributed by atoms with Crippen LogP contribution in [0, 0.1) is 10.8 Å². The SMILES string of the molecule is C=C(c1ccccc1)C1(CCC)CC1(C(=O)OC)C(=O)OC. The second kappa shape index (κ2) is 5.95. The van der Waals surface area contributed by atoms with E-state index >= 15 is 0 Å². The summed E-state index contributed by atoms with van der Waals surface area (Å²) in [4.78, 5) is 24.7. The van der Waals surface area contributed by atoms with Crippen LogP contribution < -0.4 is 0 Å². The van der Waals surface area contributed by atoms with E-state index in [9.17, 15) is 9.59 Å². The van der Waals surface area contributed by atoms with Gasteiger partial charge in [0, 0.05) is 5.41 Å². The fourth-order valence-corrected chi connectivity index (χ4v) is 3.53. The maximum atomic E-state index is 12.4. The van der Waals surface area contributed by atoms with Crippen molar-refractivity contribution in [3.05, 3.63) is 42.5 Å². The zero-order valence-electron chi connectivity index (χ0n) is 13.3. The van der Waals surface area contributed by atoms with Crippen LogP contribution in [-0.2, 0) is 19.1 Å². The van der Waals surface area contributed by atoms with E-state index < -0.39 is 22.8 Å². The van der Waals surface area contributed by atoms with Crippen LogP contribution in [0.1, 0.15) is 31.7 Å². The van der Waals surface area contributed by atoms with Crippen molar-refractivity contribution in [2.24, 2.45) is 10.8 Å². The van der Waals surface area contributed by atoms with Crippen molar-refractivity contribution in [3.8, 4) is 0 Å². The molecule has 0 amide bonds. The topological polar surface area (TPSA) is 52.6 Å². The lowest BCUT2D eigenvalue weighted by atomic mass is 9.79. The highest BCUT2D eigenvalue weighted by Crippen LogP contribution is 2.72. The lowest BCUT2D eigenvalue weighted by Crippen LogP contribution is -2.34. The first-order valence-corrected chi connectivity index (χ1v) is 7.41. The molecule has 0 aliphatic heterocycles. The van der Waals surface area contributed by atoms with Gasteiger partial charge in [-0.05, 0) is 24.0 Å².